The van der Waals surface area contributed by atoms with E-state index < -0.39 is 0 Å². The normalized spacial score (nSPS) is 15.3. The fourth-order valence-corrected chi connectivity index (χ4v) is 0.997. The summed E-state index contributed by atoms with van der Waals surface area (Å²) in [5.74, 6) is 0. The van der Waals surface area contributed by atoms with Gasteiger partial charge < -0.3 is 4.74 Å². The van der Waals surface area contributed by atoms with E-state index in [4.69, 9.17) is 4.74 Å². The van der Waals surface area contributed by atoms with Gasteiger partial charge in [-0.2, -0.15) is 0 Å². The first-order valence-corrected chi connectivity index (χ1v) is 4.30. The predicted molar refractivity (Wildman–Crippen MR) is 50.1 cm³/mol. The van der Waals surface area contributed by atoms with Crippen LogP contribution in [0.4, 0.5) is 0 Å². The number of hydrogen-bond acceptors (Lipinski definition) is 2. The van der Waals surface area contributed by atoms with Crippen molar-refractivity contribution in [1.82, 2.24) is 0 Å². The number of hydrogen-bond donors (Lipinski definition) is 0. The molecular formula is C10H18O2. The standard InChI is InChI=1S/C10H18O2/c1-5-10(12-4)6-8(2)9(3)7-11/h7,10H,5-6H2,1-4H3. The molecule has 0 aliphatic heterocycles. The number of carbonyl (C=O) groups excluding carboxylic acids is 1. The van der Waals surface area contributed by atoms with Crippen molar-refractivity contribution in [2.45, 2.75) is 39.7 Å². The number of methoxy groups -OCH3 is 1. The van der Waals surface area contributed by atoms with Crippen molar-refractivity contribution in [2.24, 2.45) is 0 Å². The van der Waals surface area contributed by atoms with Crippen LogP contribution < -0.4 is 0 Å². The van der Waals surface area contributed by atoms with Crippen molar-refractivity contribution in [3.63, 3.8) is 0 Å². The molecule has 0 aromatic heterocycles. The summed E-state index contributed by atoms with van der Waals surface area (Å²) in [7, 11) is 1.71. The first kappa shape index (κ1) is 11.4. The lowest BCUT2D eigenvalue weighted by molar-refractivity contribution is -0.104. The average Bonchev–Trinajstić information content (AvgIpc) is 2.12. The molecule has 0 bridgehead atoms. The van der Waals surface area contributed by atoms with E-state index in [2.05, 4.69) is 6.92 Å². The zero-order valence-corrected chi connectivity index (χ0v) is 8.39. The number of carbonyl (C=O) groups is 1. The summed E-state index contributed by atoms with van der Waals surface area (Å²) in [4.78, 5) is 10.4. The first-order valence-electron chi connectivity index (χ1n) is 4.30. The molecule has 0 aromatic carbocycles. The summed E-state index contributed by atoms with van der Waals surface area (Å²) >= 11 is 0. The molecule has 0 saturated carbocycles. The van der Waals surface area contributed by atoms with Gasteiger partial charge in [-0.3, -0.25) is 4.79 Å². The third kappa shape index (κ3) is 3.67. The Hall–Kier alpha value is -0.630. The molecule has 0 N–H and O–H groups in total. The van der Waals surface area contributed by atoms with Gasteiger partial charge in [0.15, 0.2) is 0 Å². The number of allylic oxidation sites excluding steroid dienone is 1. The van der Waals surface area contributed by atoms with Crippen LogP contribution in [-0.4, -0.2) is 19.5 Å². The molecule has 0 rings (SSSR count). The van der Waals surface area contributed by atoms with E-state index in [1.165, 1.54) is 0 Å². The second-order valence-electron chi connectivity index (χ2n) is 3.05. The van der Waals surface area contributed by atoms with Crippen molar-refractivity contribution in [3.05, 3.63) is 11.1 Å². The second-order valence-corrected chi connectivity index (χ2v) is 3.05. The Balaban J connectivity index is 4.14. The molecule has 0 radical (unpaired) electrons. The van der Waals surface area contributed by atoms with Crippen LogP contribution in [0.2, 0.25) is 0 Å². The third-order valence-corrected chi connectivity index (χ3v) is 2.17. The number of aldehydes is 1. The zero-order chi connectivity index (χ0) is 9.56. The Morgan fingerprint density at radius 1 is 1.50 bits per heavy atom. The topological polar surface area (TPSA) is 26.3 Å². The van der Waals surface area contributed by atoms with Crippen molar-refractivity contribution in [1.29, 1.82) is 0 Å². The zero-order valence-electron chi connectivity index (χ0n) is 8.39. The molecule has 0 spiro atoms. The van der Waals surface area contributed by atoms with E-state index in [1.807, 2.05) is 13.8 Å². The fraction of sp³-hybridized carbons (Fsp3) is 0.700. The van der Waals surface area contributed by atoms with Crippen molar-refractivity contribution in [3.8, 4) is 0 Å². The van der Waals surface area contributed by atoms with Crippen molar-refractivity contribution in [2.75, 3.05) is 7.11 Å². The van der Waals surface area contributed by atoms with Gasteiger partial charge in [0, 0.05) is 7.11 Å². The van der Waals surface area contributed by atoms with E-state index in [0.29, 0.717) is 0 Å². The Labute approximate surface area is 74.6 Å². The molecular weight excluding hydrogens is 152 g/mol. The van der Waals surface area contributed by atoms with Gasteiger partial charge in [0.05, 0.1) is 6.10 Å². The highest BCUT2D eigenvalue weighted by Crippen LogP contribution is 2.13. The molecule has 12 heavy (non-hydrogen) atoms. The van der Waals surface area contributed by atoms with Crippen LogP contribution in [-0.2, 0) is 9.53 Å². The highest BCUT2D eigenvalue weighted by molar-refractivity contribution is 5.73. The van der Waals surface area contributed by atoms with Gasteiger partial charge in [0.1, 0.15) is 6.29 Å². The third-order valence-electron chi connectivity index (χ3n) is 2.17. The van der Waals surface area contributed by atoms with Gasteiger partial charge in [-0.1, -0.05) is 12.5 Å². The highest BCUT2D eigenvalue weighted by atomic mass is 16.5. The molecule has 0 aliphatic carbocycles. The molecule has 1 atom stereocenters. The van der Waals surface area contributed by atoms with Crippen LogP contribution in [0.1, 0.15) is 33.6 Å². The van der Waals surface area contributed by atoms with Gasteiger partial charge >= 0.3 is 0 Å². The predicted octanol–water partition coefficient (Wildman–Crippen LogP) is 2.34. The summed E-state index contributed by atoms with van der Waals surface area (Å²) in [5.41, 5.74) is 1.95. The second kappa shape index (κ2) is 5.95. The largest absolute Gasteiger partial charge is 0.381 e. The van der Waals surface area contributed by atoms with E-state index in [9.17, 15) is 4.79 Å². The maximum absolute atomic E-state index is 10.4. The Kier molecular flexibility index (Phi) is 5.64. The lowest BCUT2D eigenvalue weighted by Gasteiger charge is -2.13. The molecule has 0 saturated heterocycles. The number of ether oxygens (including phenoxy) is 1. The molecule has 0 heterocycles. The van der Waals surface area contributed by atoms with E-state index in [-0.39, 0.29) is 6.10 Å². The SMILES string of the molecule is CCC(CC(C)=C(C)C=O)OC. The van der Waals surface area contributed by atoms with Crippen LogP contribution in [0.15, 0.2) is 11.1 Å². The minimum Gasteiger partial charge on any atom is -0.381 e. The van der Waals surface area contributed by atoms with Gasteiger partial charge in [0.2, 0.25) is 0 Å². The monoisotopic (exact) mass is 170 g/mol. The summed E-state index contributed by atoms with van der Waals surface area (Å²) in [6.45, 7) is 5.90. The molecule has 2 nitrogen and oxygen atoms in total. The molecule has 0 amide bonds. The quantitative estimate of drug-likeness (QED) is 0.467. The first-order chi connectivity index (χ1) is 5.65. The van der Waals surface area contributed by atoms with Gasteiger partial charge in [-0.05, 0) is 32.3 Å². The average molecular weight is 170 g/mol. The van der Waals surface area contributed by atoms with Gasteiger partial charge in [-0.25, -0.2) is 0 Å². The summed E-state index contributed by atoms with van der Waals surface area (Å²) in [6, 6.07) is 0. The van der Waals surface area contributed by atoms with Crippen LogP contribution in [0.5, 0.6) is 0 Å². The molecule has 0 fully saturated rings. The van der Waals surface area contributed by atoms with Crippen LogP contribution >= 0.6 is 0 Å². The van der Waals surface area contributed by atoms with Crippen LogP contribution in [0.25, 0.3) is 0 Å². The molecule has 2 heteroatoms. The minimum atomic E-state index is 0.250. The maximum Gasteiger partial charge on any atom is 0.145 e. The Morgan fingerprint density at radius 2 is 2.08 bits per heavy atom. The highest BCUT2D eigenvalue weighted by Gasteiger charge is 2.06. The fourth-order valence-electron chi connectivity index (χ4n) is 0.997. The van der Waals surface area contributed by atoms with Crippen molar-refractivity contribution >= 4 is 6.29 Å². The van der Waals surface area contributed by atoms with Crippen LogP contribution in [0, 0.1) is 0 Å². The van der Waals surface area contributed by atoms with Gasteiger partial charge in [0.25, 0.3) is 0 Å². The summed E-state index contributed by atoms with van der Waals surface area (Å²) in [5, 5.41) is 0. The number of rotatable bonds is 5. The van der Waals surface area contributed by atoms with E-state index in [1.54, 1.807) is 7.11 Å². The summed E-state index contributed by atoms with van der Waals surface area (Å²) < 4.78 is 5.21. The minimum absolute atomic E-state index is 0.250. The lowest BCUT2D eigenvalue weighted by Crippen LogP contribution is -2.09. The van der Waals surface area contributed by atoms with Crippen molar-refractivity contribution < 1.29 is 9.53 Å². The van der Waals surface area contributed by atoms with Crippen LogP contribution in [0.3, 0.4) is 0 Å². The van der Waals surface area contributed by atoms with E-state index >= 15 is 0 Å². The lowest BCUT2D eigenvalue weighted by atomic mass is 10.0. The summed E-state index contributed by atoms with van der Waals surface area (Å²) in [6.07, 6.45) is 3.00. The van der Waals surface area contributed by atoms with Gasteiger partial charge in [-0.15, -0.1) is 0 Å². The van der Waals surface area contributed by atoms with E-state index in [0.717, 1.165) is 30.3 Å². The molecule has 70 valence electrons. The Morgan fingerprint density at radius 3 is 2.42 bits per heavy atom. The smallest absolute Gasteiger partial charge is 0.145 e. The molecule has 1 unspecified atom stereocenters. The Bertz CT molecular complexity index is 167. The molecule has 0 aliphatic rings. The maximum atomic E-state index is 10.4. The molecule has 0 aromatic rings.